The molecule has 100 valence electrons. The summed E-state index contributed by atoms with van der Waals surface area (Å²) in [7, 11) is 1.84. The van der Waals surface area contributed by atoms with E-state index in [0.717, 1.165) is 10.2 Å². The molecule has 5 nitrogen and oxygen atoms in total. The quantitative estimate of drug-likeness (QED) is 0.809. The molecule has 0 saturated carbocycles. The van der Waals surface area contributed by atoms with E-state index in [1.165, 1.54) is 0 Å². The van der Waals surface area contributed by atoms with Crippen LogP contribution in [0.4, 0.5) is 0 Å². The fourth-order valence-corrected chi connectivity index (χ4v) is 2.62. The number of carbonyl (C=O) groups excluding carboxylic acids is 2. The Morgan fingerprint density at radius 1 is 1.47 bits per heavy atom. The average Bonchev–Trinajstić information content (AvgIpc) is 2.97. The fourth-order valence-electron chi connectivity index (χ4n) is 1.77. The number of thiophene rings is 1. The molecule has 0 spiro atoms. The van der Waals surface area contributed by atoms with Crippen LogP contribution in [0.15, 0.2) is 30.2 Å². The Balaban J connectivity index is 2.00. The van der Waals surface area contributed by atoms with Crippen molar-refractivity contribution >= 4 is 33.4 Å². The van der Waals surface area contributed by atoms with Gasteiger partial charge in [-0.2, -0.15) is 0 Å². The highest BCUT2D eigenvalue weighted by Crippen LogP contribution is 2.23. The minimum absolute atomic E-state index is 0.0362. The van der Waals surface area contributed by atoms with Crippen molar-refractivity contribution < 1.29 is 9.59 Å². The highest BCUT2D eigenvalue weighted by Gasteiger charge is 2.14. The van der Waals surface area contributed by atoms with Crippen LogP contribution in [-0.4, -0.2) is 29.5 Å². The van der Waals surface area contributed by atoms with Crippen molar-refractivity contribution in [2.75, 3.05) is 13.1 Å². The molecule has 2 aromatic heterocycles. The van der Waals surface area contributed by atoms with Crippen LogP contribution in [0.25, 0.3) is 10.2 Å². The third kappa shape index (κ3) is 2.85. The molecule has 2 heterocycles. The van der Waals surface area contributed by atoms with E-state index in [1.54, 1.807) is 17.4 Å². The van der Waals surface area contributed by atoms with Gasteiger partial charge in [0.25, 0.3) is 5.91 Å². The van der Waals surface area contributed by atoms with E-state index in [1.807, 2.05) is 29.1 Å². The number of aryl methyl sites for hydroxylation is 1. The zero-order valence-electron chi connectivity index (χ0n) is 10.6. The number of carbonyl (C=O) groups is 2. The molecule has 0 aliphatic rings. The van der Waals surface area contributed by atoms with Crippen LogP contribution in [0.5, 0.6) is 0 Å². The van der Waals surface area contributed by atoms with E-state index in [9.17, 15) is 9.59 Å². The molecule has 2 amide bonds. The van der Waals surface area contributed by atoms with Crippen molar-refractivity contribution in [1.29, 1.82) is 0 Å². The van der Waals surface area contributed by atoms with Gasteiger partial charge in [0.05, 0.1) is 16.8 Å². The molecular weight excluding hydrogens is 262 g/mol. The van der Waals surface area contributed by atoms with Gasteiger partial charge in [0.1, 0.15) is 5.69 Å². The Morgan fingerprint density at radius 3 is 2.95 bits per heavy atom. The van der Waals surface area contributed by atoms with E-state index in [-0.39, 0.29) is 18.4 Å². The number of aromatic nitrogens is 1. The molecule has 0 aliphatic carbocycles. The Bertz CT molecular complexity index is 627. The first-order valence-corrected chi connectivity index (χ1v) is 6.70. The SMILES string of the molecule is C=CCNC(=O)CNC(=O)c1cc2sccc2n1C. The van der Waals surface area contributed by atoms with Gasteiger partial charge in [-0.05, 0) is 17.5 Å². The molecule has 0 aromatic carbocycles. The predicted molar refractivity (Wildman–Crippen MR) is 76.3 cm³/mol. The van der Waals surface area contributed by atoms with E-state index in [0.29, 0.717) is 12.2 Å². The molecule has 0 saturated heterocycles. The maximum Gasteiger partial charge on any atom is 0.268 e. The molecule has 0 fully saturated rings. The van der Waals surface area contributed by atoms with Gasteiger partial charge in [0, 0.05) is 13.6 Å². The van der Waals surface area contributed by atoms with E-state index in [4.69, 9.17) is 0 Å². The summed E-state index contributed by atoms with van der Waals surface area (Å²) in [6, 6.07) is 3.80. The molecule has 2 aromatic rings. The van der Waals surface area contributed by atoms with Crippen LogP contribution in [0.3, 0.4) is 0 Å². The lowest BCUT2D eigenvalue weighted by molar-refractivity contribution is -0.119. The monoisotopic (exact) mass is 277 g/mol. The molecule has 0 radical (unpaired) electrons. The molecule has 0 atom stereocenters. The lowest BCUT2D eigenvalue weighted by atomic mass is 10.4. The maximum absolute atomic E-state index is 12.0. The van der Waals surface area contributed by atoms with E-state index in [2.05, 4.69) is 17.2 Å². The molecule has 19 heavy (non-hydrogen) atoms. The highest BCUT2D eigenvalue weighted by molar-refractivity contribution is 7.17. The van der Waals surface area contributed by atoms with Gasteiger partial charge in [-0.25, -0.2) is 0 Å². The number of nitrogens with zero attached hydrogens (tertiary/aromatic N) is 1. The number of fused-ring (bicyclic) bond motifs is 1. The summed E-state index contributed by atoms with van der Waals surface area (Å²) in [6.45, 7) is 3.86. The zero-order valence-corrected chi connectivity index (χ0v) is 11.4. The summed E-state index contributed by atoms with van der Waals surface area (Å²) in [5.41, 5.74) is 1.57. The third-order valence-corrected chi connectivity index (χ3v) is 3.60. The van der Waals surface area contributed by atoms with Gasteiger partial charge in [-0.1, -0.05) is 6.08 Å². The van der Waals surface area contributed by atoms with Gasteiger partial charge in [-0.15, -0.1) is 17.9 Å². The summed E-state index contributed by atoms with van der Waals surface area (Å²) < 4.78 is 2.88. The standard InChI is InChI=1S/C13H15N3O2S/c1-3-5-14-12(17)8-15-13(18)10-7-11-9(16(10)2)4-6-19-11/h3-4,6-7H,1,5,8H2,2H3,(H,14,17)(H,15,18). The Morgan fingerprint density at radius 2 is 2.26 bits per heavy atom. The van der Waals surface area contributed by atoms with E-state index >= 15 is 0 Å². The number of amides is 2. The van der Waals surface area contributed by atoms with Crippen molar-refractivity contribution in [3.05, 3.63) is 35.9 Å². The van der Waals surface area contributed by atoms with Crippen LogP contribution in [-0.2, 0) is 11.8 Å². The number of hydrogen-bond acceptors (Lipinski definition) is 3. The summed E-state index contributed by atoms with van der Waals surface area (Å²) in [6.07, 6.45) is 1.59. The van der Waals surface area contributed by atoms with Crippen molar-refractivity contribution in [2.45, 2.75) is 0 Å². The number of hydrogen-bond donors (Lipinski definition) is 2. The largest absolute Gasteiger partial charge is 0.351 e. The second-order valence-corrected chi connectivity index (χ2v) is 4.98. The first-order chi connectivity index (χ1) is 9.13. The Labute approximate surface area is 114 Å². The predicted octanol–water partition coefficient (Wildman–Crippen LogP) is 1.27. The molecule has 0 bridgehead atoms. The normalized spacial score (nSPS) is 10.4. The smallest absolute Gasteiger partial charge is 0.268 e. The van der Waals surface area contributed by atoms with Crippen LogP contribution in [0.2, 0.25) is 0 Å². The molecule has 2 N–H and O–H groups in total. The fraction of sp³-hybridized carbons (Fsp3) is 0.231. The van der Waals surface area contributed by atoms with Crippen molar-refractivity contribution in [3.63, 3.8) is 0 Å². The lowest BCUT2D eigenvalue weighted by Gasteiger charge is -2.06. The Kier molecular flexibility index (Phi) is 4.01. The summed E-state index contributed by atoms with van der Waals surface area (Å²) in [4.78, 5) is 23.4. The van der Waals surface area contributed by atoms with Crippen molar-refractivity contribution in [2.24, 2.45) is 7.05 Å². The van der Waals surface area contributed by atoms with Crippen LogP contribution >= 0.6 is 11.3 Å². The third-order valence-electron chi connectivity index (χ3n) is 2.75. The minimum Gasteiger partial charge on any atom is -0.351 e. The molecule has 0 unspecified atom stereocenters. The highest BCUT2D eigenvalue weighted by atomic mass is 32.1. The summed E-state index contributed by atoms with van der Waals surface area (Å²) >= 11 is 1.58. The summed E-state index contributed by atoms with van der Waals surface area (Å²) in [5.74, 6) is -0.482. The van der Waals surface area contributed by atoms with Gasteiger partial charge < -0.3 is 15.2 Å². The second-order valence-electron chi connectivity index (χ2n) is 4.03. The molecular formula is C13H15N3O2S. The second kappa shape index (κ2) is 5.71. The van der Waals surface area contributed by atoms with Gasteiger partial charge >= 0.3 is 0 Å². The Hall–Kier alpha value is -2.08. The summed E-state index contributed by atoms with van der Waals surface area (Å²) in [5, 5.41) is 7.18. The van der Waals surface area contributed by atoms with E-state index < -0.39 is 0 Å². The molecule has 0 aliphatic heterocycles. The van der Waals surface area contributed by atoms with Crippen LogP contribution in [0.1, 0.15) is 10.5 Å². The van der Waals surface area contributed by atoms with Crippen molar-refractivity contribution in [1.82, 2.24) is 15.2 Å². The molecule has 2 rings (SSSR count). The van der Waals surface area contributed by atoms with Gasteiger partial charge in [-0.3, -0.25) is 9.59 Å². The molecule has 6 heteroatoms. The lowest BCUT2D eigenvalue weighted by Crippen LogP contribution is -2.37. The van der Waals surface area contributed by atoms with Crippen LogP contribution in [0, 0.1) is 0 Å². The topological polar surface area (TPSA) is 63.1 Å². The average molecular weight is 277 g/mol. The van der Waals surface area contributed by atoms with Gasteiger partial charge in [0.15, 0.2) is 0 Å². The van der Waals surface area contributed by atoms with Crippen LogP contribution < -0.4 is 10.6 Å². The zero-order chi connectivity index (χ0) is 13.8. The van der Waals surface area contributed by atoms with Gasteiger partial charge in [0.2, 0.25) is 5.91 Å². The first-order valence-electron chi connectivity index (χ1n) is 5.82. The minimum atomic E-state index is -0.250. The first kappa shape index (κ1) is 13.4. The number of nitrogens with one attached hydrogen (secondary N) is 2. The number of rotatable bonds is 5. The maximum atomic E-state index is 12.0. The van der Waals surface area contributed by atoms with Crippen molar-refractivity contribution in [3.8, 4) is 0 Å².